The molecule has 0 N–H and O–H groups in total. The lowest BCUT2D eigenvalue weighted by Gasteiger charge is -2.04. The van der Waals surface area contributed by atoms with E-state index in [0.29, 0.717) is 0 Å². The zero-order valence-electron chi connectivity index (χ0n) is 14.2. The molecule has 3 aromatic carbocycles. The highest BCUT2D eigenvalue weighted by molar-refractivity contribution is 9.10. The molecule has 0 radical (unpaired) electrons. The Morgan fingerprint density at radius 1 is 0.893 bits per heavy atom. The van der Waals surface area contributed by atoms with Gasteiger partial charge in [-0.1, -0.05) is 46.3 Å². The third-order valence-electron chi connectivity index (χ3n) is 4.91. The van der Waals surface area contributed by atoms with Gasteiger partial charge in [-0.3, -0.25) is 0 Å². The Morgan fingerprint density at radius 3 is 2.68 bits per heavy atom. The molecule has 6 rings (SSSR count). The Labute approximate surface area is 176 Å². The number of hydrogen-bond donors (Lipinski definition) is 0. The highest BCUT2D eigenvalue weighted by atomic mass is 79.9. The summed E-state index contributed by atoms with van der Waals surface area (Å²) < 4.78 is 9.37. The van der Waals surface area contributed by atoms with Gasteiger partial charge in [-0.05, 0) is 41.9 Å². The number of rotatable bonds is 1. The summed E-state index contributed by atoms with van der Waals surface area (Å²) in [6.07, 6.45) is 0. The van der Waals surface area contributed by atoms with Gasteiger partial charge in [0.25, 0.3) is 0 Å². The molecule has 0 aliphatic heterocycles. The van der Waals surface area contributed by atoms with Crippen molar-refractivity contribution in [3.8, 4) is 11.3 Å². The summed E-state index contributed by atoms with van der Waals surface area (Å²) in [4.78, 5) is 9.13. The molecule has 3 nitrogen and oxygen atoms in total. The summed E-state index contributed by atoms with van der Waals surface area (Å²) in [6.45, 7) is 0. The number of halogens is 2. The molecule has 3 heterocycles. The number of hydrogen-bond acceptors (Lipinski definition) is 4. The molecule has 0 saturated heterocycles. The van der Waals surface area contributed by atoms with Crippen molar-refractivity contribution in [3.63, 3.8) is 0 Å². The van der Waals surface area contributed by atoms with Crippen molar-refractivity contribution in [1.82, 2.24) is 9.97 Å². The maximum Gasteiger partial charge on any atom is 0.223 e. The minimum absolute atomic E-state index is 0.232. The molecule has 0 amide bonds. The number of furan rings is 1. The average Bonchev–Trinajstić information content (AvgIpc) is 3.25. The smallest absolute Gasteiger partial charge is 0.223 e. The van der Waals surface area contributed by atoms with Crippen molar-refractivity contribution in [2.24, 2.45) is 0 Å². The first kappa shape index (κ1) is 16.5. The van der Waals surface area contributed by atoms with Crippen LogP contribution in [0.5, 0.6) is 0 Å². The van der Waals surface area contributed by atoms with Gasteiger partial charge >= 0.3 is 0 Å². The molecular weight excluding hydrogens is 456 g/mol. The van der Waals surface area contributed by atoms with Crippen molar-refractivity contribution in [1.29, 1.82) is 0 Å². The highest BCUT2D eigenvalue weighted by Gasteiger charge is 2.19. The molecule has 6 aromatic rings. The lowest BCUT2D eigenvalue weighted by molar-refractivity contribution is 0.670. The second-order valence-electron chi connectivity index (χ2n) is 6.54. The van der Waals surface area contributed by atoms with Gasteiger partial charge in [0.05, 0.1) is 15.9 Å². The van der Waals surface area contributed by atoms with Crippen molar-refractivity contribution in [3.05, 3.63) is 70.4 Å². The fourth-order valence-corrected chi connectivity index (χ4v) is 5.36. The molecule has 3 aromatic heterocycles. The van der Waals surface area contributed by atoms with Crippen LogP contribution in [0.4, 0.5) is 0 Å². The predicted octanol–water partition coefficient (Wildman–Crippen LogP) is 7.83. The highest BCUT2D eigenvalue weighted by Crippen LogP contribution is 2.42. The van der Waals surface area contributed by atoms with Crippen LogP contribution in [-0.2, 0) is 0 Å². The number of fused-ring (bicyclic) bond motifs is 6. The van der Waals surface area contributed by atoms with Crippen molar-refractivity contribution in [2.75, 3.05) is 0 Å². The second-order valence-corrected chi connectivity index (χ2v) is 8.85. The molecule has 28 heavy (non-hydrogen) atoms. The molecule has 0 atom stereocenters. The zero-order valence-corrected chi connectivity index (χ0v) is 17.4. The summed E-state index contributed by atoms with van der Waals surface area (Å²) in [5, 5.41) is 3.46. The van der Waals surface area contributed by atoms with Gasteiger partial charge in [0.15, 0.2) is 0 Å². The SMILES string of the molecule is Clc1nc(-c2cccc3c2oc2ccccc23)c2sc3ccc(Br)cc3c2n1. The number of aromatic nitrogens is 2. The van der Waals surface area contributed by atoms with Crippen LogP contribution in [0.2, 0.25) is 5.28 Å². The molecule has 0 spiro atoms. The van der Waals surface area contributed by atoms with Crippen LogP contribution >= 0.6 is 38.9 Å². The third-order valence-corrected chi connectivity index (χ3v) is 6.74. The van der Waals surface area contributed by atoms with Gasteiger partial charge in [0.1, 0.15) is 11.2 Å². The zero-order chi connectivity index (χ0) is 18.8. The minimum Gasteiger partial charge on any atom is -0.455 e. The van der Waals surface area contributed by atoms with Gasteiger partial charge in [0, 0.05) is 30.9 Å². The molecule has 0 aliphatic rings. The fraction of sp³-hybridized carbons (Fsp3) is 0. The van der Waals surface area contributed by atoms with Crippen LogP contribution in [0.15, 0.2) is 69.6 Å². The van der Waals surface area contributed by atoms with Gasteiger partial charge in [-0.25, -0.2) is 9.97 Å². The Hall–Kier alpha value is -2.47. The summed E-state index contributed by atoms with van der Waals surface area (Å²) in [5.41, 5.74) is 4.27. The van der Waals surface area contributed by atoms with Crippen LogP contribution in [0.1, 0.15) is 0 Å². The molecule has 0 unspecified atom stereocenters. The van der Waals surface area contributed by atoms with Gasteiger partial charge in [0.2, 0.25) is 5.28 Å². The van der Waals surface area contributed by atoms with Crippen LogP contribution < -0.4 is 0 Å². The van der Waals surface area contributed by atoms with E-state index in [-0.39, 0.29) is 5.28 Å². The van der Waals surface area contributed by atoms with E-state index in [1.165, 1.54) is 0 Å². The van der Waals surface area contributed by atoms with Gasteiger partial charge in [-0.15, -0.1) is 11.3 Å². The number of thiophene rings is 1. The number of nitrogens with zero attached hydrogens (tertiary/aromatic N) is 2. The fourth-order valence-electron chi connectivity index (χ4n) is 3.70. The maximum absolute atomic E-state index is 6.34. The quantitative estimate of drug-likeness (QED) is 0.232. The van der Waals surface area contributed by atoms with Crippen LogP contribution in [0.3, 0.4) is 0 Å². The van der Waals surface area contributed by atoms with Gasteiger partial charge < -0.3 is 4.42 Å². The summed E-state index contributed by atoms with van der Waals surface area (Å²) in [6, 6.07) is 20.4. The molecular formula is C22H10BrClN2OS. The van der Waals surface area contributed by atoms with E-state index in [4.69, 9.17) is 16.0 Å². The average molecular weight is 466 g/mol. The Morgan fingerprint density at radius 2 is 1.75 bits per heavy atom. The first-order valence-corrected chi connectivity index (χ1v) is 10.6. The van der Waals surface area contributed by atoms with Crippen molar-refractivity contribution in [2.45, 2.75) is 0 Å². The van der Waals surface area contributed by atoms with E-state index in [0.717, 1.165) is 58.0 Å². The maximum atomic E-state index is 6.34. The number of benzene rings is 3. The summed E-state index contributed by atoms with van der Waals surface area (Å²) in [7, 11) is 0. The minimum atomic E-state index is 0.232. The van der Waals surface area contributed by atoms with E-state index in [1.54, 1.807) is 11.3 Å². The Balaban J connectivity index is 1.76. The summed E-state index contributed by atoms with van der Waals surface area (Å²) >= 11 is 11.6. The predicted molar refractivity (Wildman–Crippen MR) is 120 cm³/mol. The monoisotopic (exact) mass is 464 g/mol. The second kappa shape index (κ2) is 6.01. The molecule has 0 saturated carbocycles. The Kier molecular flexibility index (Phi) is 3.54. The first-order chi connectivity index (χ1) is 13.7. The van der Waals surface area contributed by atoms with E-state index >= 15 is 0 Å². The lowest BCUT2D eigenvalue weighted by Crippen LogP contribution is -1.89. The number of para-hydroxylation sites is 2. The third kappa shape index (κ3) is 2.33. The van der Waals surface area contributed by atoms with Crippen molar-refractivity contribution < 1.29 is 4.42 Å². The molecule has 134 valence electrons. The molecule has 0 bridgehead atoms. The first-order valence-electron chi connectivity index (χ1n) is 8.65. The van der Waals surface area contributed by atoms with E-state index in [9.17, 15) is 0 Å². The summed E-state index contributed by atoms with van der Waals surface area (Å²) in [5.74, 6) is 0. The topological polar surface area (TPSA) is 38.9 Å². The van der Waals surface area contributed by atoms with Crippen LogP contribution in [-0.4, -0.2) is 9.97 Å². The van der Waals surface area contributed by atoms with Gasteiger partial charge in [-0.2, -0.15) is 0 Å². The molecule has 0 fully saturated rings. The van der Waals surface area contributed by atoms with Crippen LogP contribution in [0, 0.1) is 0 Å². The normalized spacial score (nSPS) is 11.9. The lowest BCUT2D eigenvalue weighted by atomic mass is 10.1. The van der Waals surface area contributed by atoms with E-state index in [2.05, 4.69) is 50.2 Å². The van der Waals surface area contributed by atoms with E-state index < -0.39 is 0 Å². The Bertz CT molecular complexity index is 1550. The standard InChI is InChI=1S/C22H10BrClN2OS/c23-11-8-9-17-15(10-11)19-21(28-17)18(25-22(24)26-19)14-6-3-5-13-12-4-1-2-7-16(12)27-20(13)14/h1-10H. The van der Waals surface area contributed by atoms with E-state index in [1.807, 2.05) is 36.4 Å². The van der Waals surface area contributed by atoms with Crippen LogP contribution in [0.25, 0.3) is 53.5 Å². The van der Waals surface area contributed by atoms with Crippen molar-refractivity contribution >= 4 is 81.1 Å². The molecule has 6 heteroatoms. The molecule has 0 aliphatic carbocycles. The largest absolute Gasteiger partial charge is 0.455 e.